The quantitative estimate of drug-likeness (QED) is 0.836. The lowest BCUT2D eigenvalue weighted by molar-refractivity contribution is -0.123. The van der Waals surface area contributed by atoms with E-state index in [1.165, 1.54) is 12.3 Å². The molecule has 0 saturated carbocycles. The van der Waals surface area contributed by atoms with E-state index in [9.17, 15) is 9.59 Å². The first-order chi connectivity index (χ1) is 8.81. The summed E-state index contributed by atoms with van der Waals surface area (Å²) in [7, 11) is 0. The van der Waals surface area contributed by atoms with Crippen LogP contribution in [0.25, 0.3) is 0 Å². The maximum atomic E-state index is 11.9. The van der Waals surface area contributed by atoms with Crippen molar-refractivity contribution in [3.05, 3.63) is 28.0 Å². The van der Waals surface area contributed by atoms with E-state index in [1.807, 2.05) is 13.8 Å². The number of carbonyl (C=O) groups excluding carboxylic acids is 2. The third-order valence-electron chi connectivity index (χ3n) is 2.23. The van der Waals surface area contributed by atoms with E-state index >= 15 is 0 Å². The molecule has 0 aromatic carbocycles. The van der Waals surface area contributed by atoms with Gasteiger partial charge in [0.05, 0.1) is 10.6 Å². The van der Waals surface area contributed by atoms with Gasteiger partial charge in [-0.25, -0.2) is 4.98 Å². The third-order valence-corrected chi connectivity index (χ3v) is 2.92. The van der Waals surface area contributed by atoms with Gasteiger partial charge in [-0.2, -0.15) is 0 Å². The molecule has 19 heavy (non-hydrogen) atoms. The van der Waals surface area contributed by atoms with Crippen LogP contribution < -0.4 is 10.6 Å². The van der Waals surface area contributed by atoms with Gasteiger partial charge in [0, 0.05) is 12.2 Å². The number of halogens is 2. The van der Waals surface area contributed by atoms with Crippen molar-refractivity contribution in [1.29, 1.82) is 0 Å². The van der Waals surface area contributed by atoms with E-state index in [0.717, 1.165) is 0 Å². The third kappa shape index (κ3) is 4.69. The van der Waals surface area contributed by atoms with Gasteiger partial charge >= 0.3 is 0 Å². The summed E-state index contributed by atoms with van der Waals surface area (Å²) in [4.78, 5) is 27.3. The minimum atomic E-state index is -0.649. The van der Waals surface area contributed by atoms with Crippen LogP contribution in [0.1, 0.15) is 31.1 Å². The fraction of sp³-hybridized carbons (Fsp3) is 0.417. The van der Waals surface area contributed by atoms with E-state index in [2.05, 4.69) is 15.6 Å². The van der Waals surface area contributed by atoms with Gasteiger partial charge in [-0.05, 0) is 26.8 Å². The zero-order valence-electron chi connectivity index (χ0n) is 10.8. The zero-order chi connectivity index (χ0) is 14.6. The molecule has 1 aromatic rings. The average molecular weight is 304 g/mol. The van der Waals surface area contributed by atoms with E-state index < -0.39 is 11.9 Å². The Morgan fingerprint density at radius 2 is 1.84 bits per heavy atom. The first-order valence-electron chi connectivity index (χ1n) is 5.73. The Hall–Kier alpha value is -1.33. The average Bonchev–Trinajstić information content (AvgIpc) is 2.31. The van der Waals surface area contributed by atoms with Gasteiger partial charge in [-0.1, -0.05) is 23.2 Å². The normalized spacial score (nSPS) is 12.1. The molecule has 0 radical (unpaired) electrons. The largest absolute Gasteiger partial charge is 0.352 e. The number of nitrogens with zero attached hydrogens (tertiary/aromatic N) is 1. The fourth-order valence-corrected chi connectivity index (χ4v) is 1.57. The molecule has 0 aliphatic carbocycles. The molecule has 1 heterocycles. The molecule has 2 amide bonds. The second kappa shape index (κ2) is 6.73. The van der Waals surface area contributed by atoms with E-state index in [1.54, 1.807) is 6.92 Å². The van der Waals surface area contributed by atoms with Crippen LogP contribution in [0.15, 0.2) is 12.3 Å². The van der Waals surface area contributed by atoms with Gasteiger partial charge in [-0.15, -0.1) is 0 Å². The molecule has 5 nitrogen and oxygen atoms in total. The van der Waals surface area contributed by atoms with Gasteiger partial charge in [0.2, 0.25) is 5.91 Å². The van der Waals surface area contributed by atoms with E-state index in [0.29, 0.717) is 0 Å². The topological polar surface area (TPSA) is 71.1 Å². The predicted octanol–water partition coefficient (Wildman–Crippen LogP) is 2.03. The maximum Gasteiger partial charge on any atom is 0.253 e. The molecule has 2 N–H and O–H groups in total. The van der Waals surface area contributed by atoms with E-state index in [4.69, 9.17) is 23.2 Å². The molecule has 0 aliphatic heterocycles. The van der Waals surface area contributed by atoms with Gasteiger partial charge < -0.3 is 10.6 Å². The van der Waals surface area contributed by atoms with Crippen LogP contribution in [0.5, 0.6) is 0 Å². The van der Waals surface area contributed by atoms with Crippen molar-refractivity contribution >= 4 is 35.0 Å². The van der Waals surface area contributed by atoms with Crippen molar-refractivity contribution in [2.75, 3.05) is 0 Å². The Balaban J connectivity index is 2.68. The minimum absolute atomic E-state index is 0.0125. The Morgan fingerprint density at radius 3 is 2.37 bits per heavy atom. The zero-order valence-corrected chi connectivity index (χ0v) is 12.3. The summed E-state index contributed by atoms with van der Waals surface area (Å²) in [5.74, 6) is -0.686. The first-order valence-corrected chi connectivity index (χ1v) is 6.49. The molecule has 0 spiro atoms. The number of aromatic nitrogens is 1. The molecular formula is C12H15Cl2N3O2. The summed E-state index contributed by atoms with van der Waals surface area (Å²) in [6, 6.07) is 0.766. The van der Waals surface area contributed by atoms with Crippen LogP contribution in [-0.4, -0.2) is 28.9 Å². The van der Waals surface area contributed by atoms with E-state index in [-0.39, 0.29) is 27.7 Å². The maximum absolute atomic E-state index is 11.9. The molecule has 1 rings (SSSR count). The van der Waals surface area contributed by atoms with Gasteiger partial charge in [0.25, 0.3) is 5.91 Å². The van der Waals surface area contributed by atoms with Crippen LogP contribution >= 0.6 is 23.2 Å². The van der Waals surface area contributed by atoms with Crippen molar-refractivity contribution in [3.8, 4) is 0 Å². The Morgan fingerprint density at radius 1 is 1.21 bits per heavy atom. The number of hydrogen-bond donors (Lipinski definition) is 2. The lowest BCUT2D eigenvalue weighted by atomic mass is 10.2. The lowest BCUT2D eigenvalue weighted by Gasteiger charge is -2.16. The standard InChI is InChI=1S/C12H15Cl2N3O2/c1-6(2)16-11(18)7(3)17-12(19)8-4-9(13)10(14)15-5-8/h4-7H,1-3H3,(H,16,18)(H,17,19). The molecule has 0 aliphatic rings. The summed E-state index contributed by atoms with van der Waals surface area (Å²) in [5, 5.41) is 5.58. The number of hydrogen-bond acceptors (Lipinski definition) is 3. The van der Waals surface area contributed by atoms with Crippen molar-refractivity contribution < 1.29 is 9.59 Å². The SMILES string of the molecule is CC(C)NC(=O)C(C)NC(=O)c1cnc(Cl)c(Cl)c1. The lowest BCUT2D eigenvalue weighted by Crippen LogP contribution is -2.46. The van der Waals surface area contributed by atoms with Crippen molar-refractivity contribution in [1.82, 2.24) is 15.6 Å². The molecule has 0 fully saturated rings. The number of pyridine rings is 1. The highest BCUT2D eigenvalue weighted by atomic mass is 35.5. The highest BCUT2D eigenvalue weighted by molar-refractivity contribution is 6.41. The molecule has 0 saturated heterocycles. The van der Waals surface area contributed by atoms with Crippen molar-refractivity contribution in [3.63, 3.8) is 0 Å². The Bertz CT molecular complexity index is 492. The summed E-state index contributed by atoms with van der Waals surface area (Å²) in [6.07, 6.45) is 1.30. The van der Waals surface area contributed by atoms with Crippen LogP contribution in [-0.2, 0) is 4.79 Å². The van der Waals surface area contributed by atoms with Crippen LogP contribution in [0.2, 0.25) is 10.2 Å². The van der Waals surface area contributed by atoms with Gasteiger partial charge in [-0.3, -0.25) is 9.59 Å². The van der Waals surface area contributed by atoms with Crippen molar-refractivity contribution in [2.24, 2.45) is 0 Å². The summed E-state index contributed by atoms with van der Waals surface area (Å²) < 4.78 is 0. The van der Waals surface area contributed by atoms with Crippen LogP contribution in [0.4, 0.5) is 0 Å². The summed E-state index contributed by atoms with van der Waals surface area (Å²) in [6.45, 7) is 5.28. The first kappa shape index (κ1) is 15.7. The smallest absolute Gasteiger partial charge is 0.253 e. The summed E-state index contributed by atoms with van der Waals surface area (Å²) >= 11 is 11.4. The summed E-state index contributed by atoms with van der Waals surface area (Å²) in [5.41, 5.74) is 0.249. The number of carbonyl (C=O) groups is 2. The molecule has 1 atom stereocenters. The molecule has 1 aromatic heterocycles. The molecule has 104 valence electrons. The minimum Gasteiger partial charge on any atom is -0.352 e. The Kier molecular flexibility index (Phi) is 5.57. The number of rotatable bonds is 4. The predicted molar refractivity (Wildman–Crippen MR) is 74.5 cm³/mol. The highest BCUT2D eigenvalue weighted by Crippen LogP contribution is 2.19. The Labute approximate surface area is 121 Å². The molecule has 0 bridgehead atoms. The number of nitrogens with one attached hydrogen (secondary N) is 2. The number of amides is 2. The molecule has 1 unspecified atom stereocenters. The molecule has 7 heteroatoms. The second-order valence-corrected chi connectivity index (χ2v) is 5.12. The van der Waals surface area contributed by atoms with Crippen LogP contribution in [0, 0.1) is 0 Å². The fourth-order valence-electron chi connectivity index (χ4n) is 1.30. The van der Waals surface area contributed by atoms with Crippen LogP contribution in [0.3, 0.4) is 0 Å². The highest BCUT2D eigenvalue weighted by Gasteiger charge is 2.17. The van der Waals surface area contributed by atoms with Gasteiger partial charge in [0.15, 0.2) is 0 Å². The molecular weight excluding hydrogens is 289 g/mol. The monoisotopic (exact) mass is 303 g/mol. The van der Waals surface area contributed by atoms with Crippen molar-refractivity contribution in [2.45, 2.75) is 32.9 Å². The second-order valence-electron chi connectivity index (χ2n) is 4.36. The van der Waals surface area contributed by atoms with Gasteiger partial charge in [0.1, 0.15) is 11.2 Å².